The number of hydrogen-bond donors (Lipinski definition) is 1. The normalized spacial score (nSPS) is 13.4. The first kappa shape index (κ1) is 15.0. The molecule has 1 nitrogen and oxygen atoms in total. The molecule has 0 radical (unpaired) electrons. The van der Waals surface area contributed by atoms with E-state index in [1.807, 2.05) is 0 Å². The van der Waals surface area contributed by atoms with Crippen molar-refractivity contribution >= 4 is 0 Å². The fraction of sp³-hybridized carbons (Fsp3) is 1.00. The van der Waals surface area contributed by atoms with Gasteiger partial charge in [0.2, 0.25) is 0 Å². The molecule has 0 aromatic rings. The van der Waals surface area contributed by atoms with Crippen LogP contribution in [0.1, 0.15) is 72.1 Å². The summed E-state index contributed by atoms with van der Waals surface area (Å²) in [6.45, 7) is 7.72. The zero-order valence-corrected chi connectivity index (χ0v) is 11.1. The van der Waals surface area contributed by atoms with E-state index in [9.17, 15) is 0 Å². The first-order chi connectivity index (χ1) is 7.22. The van der Waals surface area contributed by atoms with Crippen molar-refractivity contribution in [2.45, 2.75) is 72.1 Å². The second-order valence-electron chi connectivity index (χ2n) is 5.15. The van der Waals surface area contributed by atoms with Crippen molar-refractivity contribution in [2.24, 2.45) is 17.6 Å². The summed E-state index contributed by atoms with van der Waals surface area (Å²) < 4.78 is 0. The van der Waals surface area contributed by atoms with Gasteiger partial charge in [0.25, 0.3) is 0 Å². The average molecular weight is 213 g/mol. The Labute approximate surface area is 96.8 Å². The van der Waals surface area contributed by atoms with Crippen molar-refractivity contribution in [1.82, 2.24) is 0 Å². The maximum absolute atomic E-state index is 5.75. The van der Waals surface area contributed by atoms with Crippen LogP contribution < -0.4 is 5.73 Å². The molecular formula is C14H31N. The van der Waals surface area contributed by atoms with Crippen LogP contribution >= 0.6 is 0 Å². The van der Waals surface area contributed by atoms with Crippen LogP contribution in [0.25, 0.3) is 0 Å². The Morgan fingerprint density at radius 3 is 1.87 bits per heavy atom. The number of nitrogens with two attached hydrogens (primary N) is 1. The molecule has 0 amide bonds. The fourth-order valence-electron chi connectivity index (χ4n) is 2.09. The second-order valence-corrected chi connectivity index (χ2v) is 5.15. The first-order valence-electron chi connectivity index (χ1n) is 6.92. The molecule has 0 aromatic carbocycles. The van der Waals surface area contributed by atoms with Crippen LogP contribution in [0.15, 0.2) is 0 Å². The van der Waals surface area contributed by atoms with E-state index >= 15 is 0 Å². The minimum absolute atomic E-state index is 0.751. The van der Waals surface area contributed by atoms with E-state index in [4.69, 9.17) is 5.73 Å². The van der Waals surface area contributed by atoms with Gasteiger partial charge in [-0.3, -0.25) is 0 Å². The third-order valence-corrected chi connectivity index (χ3v) is 3.42. The molecule has 0 aromatic heterocycles. The maximum atomic E-state index is 5.75. The van der Waals surface area contributed by atoms with E-state index in [0.29, 0.717) is 0 Å². The predicted molar refractivity (Wildman–Crippen MR) is 70.0 cm³/mol. The van der Waals surface area contributed by atoms with Crippen molar-refractivity contribution in [3.05, 3.63) is 0 Å². The molecular weight excluding hydrogens is 182 g/mol. The third-order valence-electron chi connectivity index (χ3n) is 3.42. The van der Waals surface area contributed by atoms with Gasteiger partial charge in [-0.25, -0.2) is 0 Å². The summed E-state index contributed by atoms with van der Waals surface area (Å²) in [6.07, 6.45) is 11.2. The number of unbranched alkanes of at least 4 members (excludes halogenated alkanes) is 6. The van der Waals surface area contributed by atoms with Crippen molar-refractivity contribution in [3.8, 4) is 0 Å². The van der Waals surface area contributed by atoms with Crippen LogP contribution in [-0.2, 0) is 0 Å². The largest absolute Gasteiger partial charge is 0.330 e. The van der Waals surface area contributed by atoms with E-state index in [1.54, 1.807) is 0 Å². The van der Waals surface area contributed by atoms with Gasteiger partial charge in [-0.05, 0) is 24.8 Å². The van der Waals surface area contributed by atoms with Gasteiger partial charge in [-0.1, -0.05) is 65.7 Å². The highest BCUT2D eigenvalue weighted by molar-refractivity contribution is 4.63. The molecule has 0 bridgehead atoms. The molecule has 1 atom stereocenters. The molecule has 0 fully saturated rings. The van der Waals surface area contributed by atoms with Crippen LogP contribution in [0.5, 0.6) is 0 Å². The van der Waals surface area contributed by atoms with E-state index in [1.165, 1.54) is 51.4 Å². The van der Waals surface area contributed by atoms with Gasteiger partial charge in [0.15, 0.2) is 0 Å². The first-order valence-corrected chi connectivity index (χ1v) is 6.92. The molecule has 0 saturated carbocycles. The lowest BCUT2D eigenvalue weighted by Crippen LogP contribution is -2.19. The molecule has 0 saturated heterocycles. The average Bonchev–Trinajstić information content (AvgIpc) is 2.21. The van der Waals surface area contributed by atoms with Crippen molar-refractivity contribution in [3.63, 3.8) is 0 Å². The molecule has 0 spiro atoms. The van der Waals surface area contributed by atoms with Crippen LogP contribution in [0, 0.1) is 11.8 Å². The monoisotopic (exact) mass is 213 g/mol. The number of hydrogen-bond acceptors (Lipinski definition) is 1. The van der Waals surface area contributed by atoms with Gasteiger partial charge in [0, 0.05) is 0 Å². The van der Waals surface area contributed by atoms with Crippen LogP contribution in [-0.4, -0.2) is 6.54 Å². The Hall–Kier alpha value is -0.0400. The van der Waals surface area contributed by atoms with E-state index in [2.05, 4.69) is 20.8 Å². The van der Waals surface area contributed by atoms with Gasteiger partial charge in [-0.15, -0.1) is 0 Å². The quantitative estimate of drug-likeness (QED) is 0.536. The van der Waals surface area contributed by atoms with Crippen LogP contribution in [0.4, 0.5) is 0 Å². The minimum atomic E-state index is 0.751. The SMILES string of the molecule is CCCCCCCCC[C@@H](CN)C(C)C. The van der Waals surface area contributed by atoms with Crippen LogP contribution in [0.2, 0.25) is 0 Å². The molecule has 92 valence electrons. The highest BCUT2D eigenvalue weighted by atomic mass is 14.5. The standard InChI is InChI=1S/C14H31N/c1-4-5-6-7-8-9-10-11-14(12-15)13(2)3/h13-14H,4-12,15H2,1-3H3/t14-/m0/s1. The lowest BCUT2D eigenvalue weighted by Gasteiger charge is -2.18. The zero-order chi connectivity index (χ0) is 11.5. The molecule has 0 aliphatic heterocycles. The third kappa shape index (κ3) is 8.92. The van der Waals surface area contributed by atoms with Gasteiger partial charge in [-0.2, -0.15) is 0 Å². The summed E-state index contributed by atoms with van der Waals surface area (Å²) in [7, 11) is 0. The summed E-state index contributed by atoms with van der Waals surface area (Å²) in [5.74, 6) is 1.51. The minimum Gasteiger partial charge on any atom is -0.330 e. The van der Waals surface area contributed by atoms with Crippen LogP contribution in [0.3, 0.4) is 0 Å². The molecule has 0 aliphatic carbocycles. The van der Waals surface area contributed by atoms with Gasteiger partial charge < -0.3 is 5.73 Å². The fourth-order valence-corrected chi connectivity index (χ4v) is 2.09. The Morgan fingerprint density at radius 1 is 0.867 bits per heavy atom. The predicted octanol–water partition coefficient (Wildman–Crippen LogP) is 4.36. The maximum Gasteiger partial charge on any atom is -0.00464 e. The lowest BCUT2D eigenvalue weighted by molar-refractivity contribution is 0.353. The topological polar surface area (TPSA) is 26.0 Å². The van der Waals surface area contributed by atoms with Gasteiger partial charge in [0.1, 0.15) is 0 Å². The molecule has 15 heavy (non-hydrogen) atoms. The summed E-state index contributed by atoms with van der Waals surface area (Å²) in [5.41, 5.74) is 5.75. The molecule has 2 N–H and O–H groups in total. The highest BCUT2D eigenvalue weighted by Gasteiger charge is 2.10. The summed E-state index contributed by atoms with van der Waals surface area (Å²) >= 11 is 0. The van der Waals surface area contributed by atoms with E-state index < -0.39 is 0 Å². The summed E-state index contributed by atoms with van der Waals surface area (Å²) in [5, 5.41) is 0. The second kappa shape index (κ2) is 10.5. The van der Waals surface area contributed by atoms with Gasteiger partial charge >= 0.3 is 0 Å². The Bertz CT molecular complexity index is 121. The van der Waals surface area contributed by atoms with E-state index in [-0.39, 0.29) is 0 Å². The number of rotatable bonds is 10. The van der Waals surface area contributed by atoms with Crippen molar-refractivity contribution in [1.29, 1.82) is 0 Å². The molecule has 0 aliphatic rings. The lowest BCUT2D eigenvalue weighted by atomic mass is 9.90. The van der Waals surface area contributed by atoms with E-state index in [0.717, 1.165) is 18.4 Å². The highest BCUT2D eigenvalue weighted by Crippen LogP contribution is 2.18. The smallest absolute Gasteiger partial charge is 0.00464 e. The molecule has 0 heterocycles. The Morgan fingerprint density at radius 2 is 1.40 bits per heavy atom. The Kier molecular flexibility index (Phi) is 10.4. The summed E-state index contributed by atoms with van der Waals surface area (Å²) in [4.78, 5) is 0. The van der Waals surface area contributed by atoms with Gasteiger partial charge in [0.05, 0.1) is 0 Å². The zero-order valence-electron chi connectivity index (χ0n) is 11.1. The molecule has 0 rings (SSSR count). The Balaban J connectivity index is 3.22. The molecule has 1 heteroatoms. The summed E-state index contributed by atoms with van der Waals surface area (Å²) in [6, 6.07) is 0. The van der Waals surface area contributed by atoms with Crippen molar-refractivity contribution < 1.29 is 0 Å². The molecule has 0 unspecified atom stereocenters. The van der Waals surface area contributed by atoms with Crippen molar-refractivity contribution in [2.75, 3.05) is 6.54 Å².